The Kier molecular flexibility index (Phi) is 2.93. The van der Waals surface area contributed by atoms with E-state index in [0.717, 1.165) is 11.4 Å². The van der Waals surface area contributed by atoms with Gasteiger partial charge in [0.25, 0.3) is 0 Å². The summed E-state index contributed by atoms with van der Waals surface area (Å²) in [6, 6.07) is 14.2. The van der Waals surface area contributed by atoms with E-state index in [4.69, 9.17) is 10.5 Å². The molecule has 1 aliphatic rings. The number of benzene rings is 2. The van der Waals surface area contributed by atoms with Crippen LogP contribution in [0.15, 0.2) is 42.5 Å². The fourth-order valence-electron chi connectivity index (χ4n) is 2.45. The van der Waals surface area contributed by atoms with Crippen LogP contribution in [0.25, 0.3) is 0 Å². The molecule has 0 unspecified atom stereocenters. The minimum absolute atomic E-state index is 0.622. The number of nitrogens with two attached hydrogens (primary N) is 1. The van der Waals surface area contributed by atoms with Crippen LogP contribution in [0, 0.1) is 0 Å². The SMILES string of the molecule is Nc1ccc(OCc2ccc3c(c2)CCC3)cc1. The van der Waals surface area contributed by atoms with Gasteiger partial charge in [-0.05, 0) is 60.2 Å². The van der Waals surface area contributed by atoms with E-state index < -0.39 is 0 Å². The molecule has 2 nitrogen and oxygen atoms in total. The Bertz CT molecular complexity index is 546. The summed E-state index contributed by atoms with van der Waals surface area (Å²) in [4.78, 5) is 0. The summed E-state index contributed by atoms with van der Waals surface area (Å²) in [6.45, 7) is 0.622. The van der Waals surface area contributed by atoms with Gasteiger partial charge < -0.3 is 10.5 Å². The molecule has 18 heavy (non-hydrogen) atoms. The molecule has 0 atom stereocenters. The van der Waals surface area contributed by atoms with E-state index in [1.54, 1.807) is 0 Å². The summed E-state index contributed by atoms with van der Waals surface area (Å²) in [5.74, 6) is 0.865. The van der Waals surface area contributed by atoms with E-state index in [9.17, 15) is 0 Å². The van der Waals surface area contributed by atoms with Gasteiger partial charge in [0, 0.05) is 5.69 Å². The molecule has 0 fully saturated rings. The van der Waals surface area contributed by atoms with Crippen LogP contribution >= 0.6 is 0 Å². The van der Waals surface area contributed by atoms with E-state index in [2.05, 4.69) is 18.2 Å². The zero-order valence-corrected chi connectivity index (χ0v) is 10.4. The topological polar surface area (TPSA) is 35.2 Å². The van der Waals surface area contributed by atoms with Crippen molar-refractivity contribution in [3.63, 3.8) is 0 Å². The van der Waals surface area contributed by atoms with Crippen LogP contribution in [0.1, 0.15) is 23.1 Å². The molecular formula is C16H17NO. The van der Waals surface area contributed by atoms with E-state index in [1.807, 2.05) is 24.3 Å². The van der Waals surface area contributed by atoms with Crippen molar-refractivity contribution in [3.05, 3.63) is 59.2 Å². The van der Waals surface area contributed by atoms with Gasteiger partial charge in [-0.3, -0.25) is 0 Å². The molecule has 0 aliphatic heterocycles. The monoisotopic (exact) mass is 239 g/mol. The number of rotatable bonds is 3. The first-order valence-electron chi connectivity index (χ1n) is 6.40. The Balaban J connectivity index is 1.68. The number of ether oxygens (including phenoxy) is 1. The molecule has 3 rings (SSSR count). The maximum absolute atomic E-state index is 5.75. The van der Waals surface area contributed by atoms with Crippen LogP contribution in [0.4, 0.5) is 5.69 Å². The van der Waals surface area contributed by atoms with Crippen molar-refractivity contribution in [1.82, 2.24) is 0 Å². The molecule has 2 aromatic rings. The van der Waals surface area contributed by atoms with Gasteiger partial charge in [-0.25, -0.2) is 0 Å². The van der Waals surface area contributed by atoms with Crippen LogP contribution in [0.3, 0.4) is 0 Å². The molecule has 2 aromatic carbocycles. The Morgan fingerprint density at radius 2 is 1.72 bits per heavy atom. The van der Waals surface area contributed by atoms with E-state index >= 15 is 0 Å². The second-order valence-corrected chi connectivity index (χ2v) is 4.81. The Morgan fingerprint density at radius 3 is 2.56 bits per heavy atom. The summed E-state index contributed by atoms with van der Waals surface area (Å²) in [5, 5.41) is 0. The highest BCUT2D eigenvalue weighted by Crippen LogP contribution is 2.23. The molecule has 92 valence electrons. The van der Waals surface area contributed by atoms with Crippen molar-refractivity contribution in [1.29, 1.82) is 0 Å². The summed E-state index contributed by atoms with van der Waals surface area (Å²) < 4.78 is 5.75. The van der Waals surface area contributed by atoms with Gasteiger partial charge in [-0.15, -0.1) is 0 Å². The molecule has 0 aromatic heterocycles. The van der Waals surface area contributed by atoms with E-state index in [-0.39, 0.29) is 0 Å². The summed E-state index contributed by atoms with van der Waals surface area (Å²) in [7, 11) is 0. The first kappa shape index (κ1) is 11.1. The van der Waals surface area contributed by atoms with Crippen molar-refractivity contribution >= 4 is 5.69 Å². The Morgan fingerprint density at radius 1 is 0.944 bits per heavy atom. The fraction of sp³-hybridized carbons (Fsp3) is 0.250. The molecule has 0 saturated carbocycles. The third-order valence-electron chi connectivity index (χ3n) is 3.45. The second-order valence-electron chi connectivity index (χ2n) is 4.81. The lowest BCUT2D eigenvalue weighted by Crippen LogP contribution is -1.97. The average molecular weight is 239 g/mol. The second kappa shape index (κ2) is 4.73. The van der Waals surface area contributed by atoms with Crippen molar-refractivity contribution < 1.29 is 4.74 Å². The third kappa shape index (κ3) is 2.33. The Labute approximate surface area is 107 Å². The number of hydrogen-bond donors (Lipinski definition) is 1. The summed E-state index contributed by atoms with van der Waals surface area (Å²) in [5.41, 5.74) is 10.6. The lowest BCUT2D eigenvalue weighted by atomic mass is 10.1. The minimum atomic E-state index is 0.622. The highest BCUT2D eigenvalue weighted by molar-refractivity contribution is 5.41. The Hall–Kier alpha value is -1.96. The van der Waals surface area contributed by atoms with E-state index in [0.29, 0.717) is 6.61 Å². The highest BCUT2D eigenvalue weighted by atomic mass is 16.5. The largest absolute Gasteiger partial charge is 0.489 e. The summed E-state index contributed by atoms with van der Waals surface area (Å²) in [6.07, 6.45) is 3.73. The first-order valence-corrected chi connectivity index (χ1v) is 6.40. The predicted molar refractivity (Wildman–Crippen MR) is 73.7 cm³/mol. The zero-order chi connectivity index (χ0) is 12.4. The smallest absolute Gasteiger partial charge is 0.119 e. The number of aryl methyl sites for hydroxylation is 2. The minimum Gasteiger partial charge on any atom is -0.489 e. The standard InChI is InChI=1S/C16H17NO/c17-15-6-8-16(9-7-15)18-11-12-4-5-13-2-1-3-14(13)10-12/h4-10H,1-3,11,17H2. The average Bonchev–Trinajstić information content (AvgIpc) is 2.85. The highest BCUT2D eigenvalue weighted by Gasteiger charge is 2.10. The van der Waals surface area contributed by atoms with Crippen LogP contribution < -0.4 is 10.5 Å². The van der Waals surface area contributed by atoms with Crippen molar-refractivity contribution in [3.8, 4) is 5.75 Å². The van der Waals surface area contributed by atoms with Crippen LogP contribution in [0.5, 0.6) is 5.75 Å². The molecule has 2 heteroatoms. The van der Waals surface area contributed by atoms with Gasteiger partial charge in [0.2, 0.25) is 0 Å². The van der Waals surface area contributed by atoms with Gasteiger partial charge in [0.15, 0.2) is 0 Å². The van der Waals surface area contributed by atoms with Gasteiger partial charge >= 0.3 is 0 Å². The zero-order valence-electron chi connectivity index (χ0n) is 10.4. The lowest BCUT2D eigenvalue weighted by molar-refractivity contribution is 0.306. The lowest BCUT2D eigenvalue weighted by Gasteiger charge is -2.08. The van der Waals surface area contributed by atoms with Gasteiger partial charge in [0.05, 0.1) is 0 Å². The van der Waals surface area contributed by atoms with Crippen LogP contribution in [-0.4, -0.2) is 0 Å². The fourth-order valence-corrected chi connectivity index (χ4v) is 2.45. The molecular weight excluding hydrogens is 222 g/mol. The predicted octanol–water partition coefficient (Wildman–Crippen LogP) is 3.34. The van der Waals surface area contributed by atoms with Crippen LogP contribution in [-0.2, 0) is 19.4 Å². The van der Waals surface area contributed by atoms with Gasteiger partial charge in [-0.1, -0.05) is 18.2 Å². The number of nitrogen functional groups attached to an aromatic ring is 1. The normalized spacial score (nSPS) is 13.3. The molecule has 0 spiro atoms. The quantitative estimate of drug-likeness (QED) is 0.834. The van der Waals surface area contributed by atoms with Crippen LogP contribution in [0.2, 0.25) is 0 Å². The number of anilines is 1. The maximum atomic E-state index is 5.75. The number of fused-ring (bicyclic) bond motifs is 1. The van der Waals surface area contributed by atoms with Crippen molar-refractivity contribution in [2.45, 2.75) is 25.9 Å². The van der Waals surface area contributed by atoms with Crippen molar-refractivity contribution in [2.75, 3.05) is 5.73 Å². The van der Waals surface area contributed by atoms with Crippen molar-refractivity contribution in [2.24, 2.45) is 0 Å². The summed E-state index contributed by atoms with van der Waals surface area (Å²) >= 11 is 0. The molecule has 1 aliphatic carbocycles. The molecule has 2 N–H and O–H groups in total. The van der Waals surface area contributed by atoms with Gasteiger partial charge in [0.1, 0.15) is 12.4 Å². The molecule has 0 amide bonds. The third-order valence-corrected chi connectivity index (χ3v) is 3.45. The maximum Gasteiger partial charge on any atom is 0.119 e. The molecule has 0 radical (unpaired) electrons. The number of hydrogen-bond acceptors (Lipinski definition) is 2. The molecule has 0 heterocycles. The molecule has 0 bridgehead atoms. The van der Waals surface area contributed by atoms with E-state index in [1.165, 1.54) is 36.0 Å². The molecule has 0 saturated heterocycles. The first-order chi connectivity index (χ1) is 8.81. The van der Waals surface area contributed by atoms with Gasteiger partial charge in [-0.2, -0.15) is 0 Å².